The fourth-order valence-electron chi connectivity index (χ4n) is 1.02. The Labute approximate surface area is 100.0 Å². The summed E-state index contributed by atoms with van der Waals surface area (Å²) in [6.07, 6.45) is 0. The summed E-state index contributed by atoms with van der Waals surface area (Å²) in [5.41, 5.74) is -0.101. The molecule has 0 aliphatic carbocycles. The highest BCUT2D eigenvalue weighted by Gasteiger charge is 2.20. The molecule has 1 aromatic carbocycles. The molecule has 0 spiro atoms. The Hall–Kier alpha value is -0.770. The summed E-state index contributed by atoms with van der Waals surface area (Å²) >= 11 is 3.10. The Morgan fingerprint density at radius 3 is 2.53 bits per heavy atom. The molecule has 80 valence electrons. The van der Waals surface area contributed by atoms with E-state index in [4.69, 9.17) is 20.7 Å². The van der Waals surface area contributed by atoms with Crippen LogP contribution >= 0.6 is 26.6 Å². The van der Waals surface area contributed by atoms with Crippen molar-refractivity contribution in [1.82, 2.24) is 0 Å². The van der Waals surface area contributed by atoms with Gasteiger partial charge in [0.15, 0.2) is 0 Å². The maximum Gasteiger partial charge on any atom is 0.262 e. The van der Waals surface area contributed by atoms with E-state index in [-0.39, 0.29) is 16.2 Å². The molecule has 0 aromatic heterocycles. The molecule has 1 rings (SSSR count). The van der Waals surface area contributed by atoms with E-state index < -0.39 is 9.05 Å². The largest absolute Gasteiger partial charge is 0.495 e. The van der Waals surface area contributed by atoms with Crippen LogP contribution in [0.3, 0.4) is 0 Å². The highest BCUT2D eigenvalue weighted by Crippen LogP contribution is 2.31. The molecule has 0 saturated carbocycles. The van der Waals surface area contributed by atoms with Crippen molar-refractivity contribution in [2.45, 2.75) is 4.90 Å². The second-order valence-corrected chi connectivity index (χ2v) is 5.98. The van der Waals surface area contributed by atoms with Gasteiger partial charge in [-0.05, 0) is 12.1 Å². The zero-order valence-electron chi connectivity index (χ0n) is 7.49. The van der Waals surface area contributed by atoms with E-state index in [9.17, 15) is 8.42 Å². The average molecular weight is 311 g/mol. The van der Waals surface area contributed by atoms with Crippen molar-refractivity contribution in [2.24, 2.45) is 0 Å². The van der Waals surface area contributed by atoms with E-state index in [1.54, 1.807) is 6.07 Å². The molecule has 7 heteroatoms. The van der Waals surface area contributed by atoms with E-state index in [1.807, 2.05) is 0 Å². The number of hydrogen-bond donors (Lipinski definition) is 0. The quantitative estimate of drug-likeness (QED) is 0.786. The second-order valence-electron chi connectivity index (χ2n) is 2.53. The number of nitrogens with zero attached hydrogens (tertiary/aromatic N) is 1. The predicted octanol–water partition coefficient (Wildman–Crippen LogP) is 2.26. The number of rotatable bonds is 2. The van der Waals surface area contributed by atoms with E-state index in [1.165, 1.54) is 19.2 Å². The number of ether oxygens (including phenoxy) is 1. The minimum atomic E-state index is -3.96. The van der Waals surface area contributed by atoms with Crippen LogP contribution in [0.15, 0.2) is 21.5 Å². The minimum Gasteiger partial charge on any atom is -0.495 e. The molecule has 0 fully saturated rings. The van der Waals surface area contributed by atoms with Crippen molar-refractivity contribution in [3.63, 3.8) is 0 Å². The fraction of sp³-hybridized carbons (Fsp3) is 0.125. The Bertz CT molecular complexity index is 536. The summed E-state index contributed by atoms with van der Waals surface area (Å²) in [7, 11) is 2.57. The molecule has 0 N–H and O–H groups in total. The molecular weight excluding hydrogens is 306 g/mol. The molecule has 15 heavy (non-hydrogen) atoms. The smallest absolute Gasteiger partial charge is 0.262 e. The van der Waals surface area contributed by atoms with Crippen LogP contribution in [0.5, 0.6) is 5.75 Å². The summed E-state index contributed by atoms with van der Waals surface area (Å²) in [5, 5.41) is 8.82. The molecule has 0 aliphatic rings. The van der Waals surface area contributed by atoms with Gasteiger partial charge in [-0.3, -0.25) is 0 Å². The van der Waals surface area contributed by atoms with Crippen LogP contribution in [0.4, 0.5) is 0 Å². The molecular formula is C8H5BrClNO3S. The third kappa shape index (κ3) is 2.62. The second kappa shape index (κ2) is 4.39. The molecule has 0 bridgehead atoms. The Morgan fingerprint density at radius 1 is 1.53 bits per heavy atom. The summed E-state index contributed by atoms with van der Waals surface area (Å²) in [6.45, 7) is 0. The lowest BCUT2D eigenvalue weighted by Gasteiger charge is -2.06. The third-order valence-electron chi connectivity index (χ3n) is 1.63. The Kier molecular flexibility index (Phi) is 3.60. The van der Waals surface area contributed by atoms with E-state index in [0.717, 1.165) is 0 Å². The highest BCUT2D eigenvalue weighted by atomic mass is 79.9. The first-order valence-corrected chi connectivity index (χ1v) is 6.72. The molecule has 0 saturated heterocycles. The molecule has 0 radical (unpaired) electrons. The van der Waals surface area contributed by atoms with Crippen molar-refractivity contribution in [2.75, 3.05) is 7.11 Å². The van der Waals surface area contributed by atoms with Gasteiger partial charge >= 0.3 is 0 Å². The maximum atomic E-state index is 11.2. The van der Waals surface area contributed by atoms with Gasteiger partial charge in [0.25, 0.3) is 9.05 Å². The van der Waals surface area contributed by atoms with Crippen LogP contribution in [0.1, 0.15) is 5.56 Å². The van der Waals surface area contributed by atoms with Crippen LogP contribution in [-0.4, -0.2) is 15.5 Å². The standard InChI is InChI=1S/C8H5BrClNO3S/c1-14-7-2-5(9)3-8(6(7)4-11)15(10,12)13/h2-3H,1H3. The van der Waals surface area contributed by atoms with E-state index >= 15 is 0 Å². The molecule has 0 unspecified atom stereocenters. The summed E-state index contributed by atoms with van der Waals surface area (Å²) < 4.78 is 27.7. The Balaban J connectivity index is 3.66. The lowest BCUT2D eigenvalue weighted by Crippen LogP contribution is -1.98. The normalized spacial score (nSPS) is 10.8. The number of hydrogen-bond acceptors (Lipinski definition) is 4. The number of nitriles is 1. The van der Waals surface area contributed by atoms with Gasteiger partial charge in [-0.15, -0.1) is 0 Å². The highest BCUT2D eigenvalue weighted by molar-refractivity contribution is 9.10. The van der Waals surface area contributed by atoms with Crippen LogP contribution in [0, 0.1) is 11.3 Å². The topological polar surface area (TPSA) is 67.2 Å². The van der Waals surface area contributed by atoms with Crippen LogP contribution < -0.4 is 4.74 Å². The van der Waals surface area contributed by atoms with Crippen LogP contribution in [0.25, 0.3) is 0 Å². The third-order valence-corrected chi connectivity index (χ3v) is 3.43. The predicted molar refractivity (Wildman–Crippen MR) is 58.4 cm³/mol. The van der Waals surface area contributed by atoms with Gasteiger partial charge in [0.05, 0.1) is 7.11 Å². The first-order chi connectivity index (χ1) is 6.90. The number of halogens is 2. The minimum absolute atomic E-state index is 0.101. The van der Waals surface area contributed by atoms with Gasteiger partial charge in [0.2, 0.25) is 0 Å². The first kappa shape index (κ1) is 12.3. The number of methoxy groups -OCH3 is 1. The van der Waals surface area contributed by atoms with Gasteiger partial charge in [0.1, 0.15) is 22.3 Å². The van der Waals surface area contributed by atoms with Gasteiger partial charge < -0.3 is 4.74 Å². The van der Waals surface area contributed by atoms with Gasteiger partial charge in [0, 0.05) is 15.2 Å². The molecule has 0 aliphatic heterocycles. The lowest BCUT2D eigenvalue weighted by molar-refractivity contribution is 0.411. The summed E-state index contributed by atoms with van der Waals surface area (Å²) in [6, 6.07) is 4.48. The van der Waals surface area contributed by atoms with Gasteiger partial charge in [-0.25, -0.2) is 8.42 Å². The molecule has 4 nitrogen and oxygen atoms in total. The van der Waals surface area contributed by atoms with Crippen molar-refractivity contribution in [3.8, 4) is 11.8 Å². The van der Waals surface area contributed by atoms with Crippen LogP contribution in [-0.2, 0) is 9.05 Å². The van der Waals surface area contributed by atoms with E-state index in [0.29, 0.717) is 4.47 Å². The summed E-state index contributed by atoms with van der Waals surface area (Å²) in [5.74, 6) is 0.158. The Morgan fingerprint density at radius 2 is 2.13 bits per heavy atom. The maximum absolute atomic E-state index is 11.2. The van der Waals surface area contributed by atoms with Gasteiger partial charge in [-0.2, -0.15) is 5.26 Å². The average Bonchev–Trinajstić information content (AvgIpc) is 2.15. The SMILES string of the molecule is COc1cc(Br)cc(S(=O)(=O)Cl)c1C#N. The van der Waals surface area contributed by atoms with E-state index in [2.05, 4.69) is 15.9 Å². The summed E-state index contributed by atoms with van der Waals surface area (Å²) in [4.78, 5) is -0.266. The molecule has 0 heterocycles. The lowest BCUT2D eigenvalue weighted by atomic mass is 10.2. The van der Waals surface area contributed by atoms with Crippen molar-refractivity contribution < 1.29 is 13.2 Å². The molecule has 1 aromatic rings. The van der Waals surface area contributed by atoms with Crippen molar-refractivity contribution in [1.29, 1.82) is 5.26 Å². The zero-order valence-corrected chi connectivity index (χ0v) is 10.6. The van der Waals surface area contributed by atoms with Crippen molar-refractivity contribution in [3.05, 3.63) is 22.2 Å². The molecule has 0 atom stereocenters. The first-order valence-electron chi connectivity index (χ1n) is 3.62. The van der Waals surface area contributed by atoms with Crippen molar-refractivity contribution >= 4 is 35.7 Å². The fourth-order valence-corrected chi connectivity index (χ4v) is 2.63. The van der Waals surface area contributed by atoms with Crippen LogP contribution in [0.2, 0.25) is 0 Å². The molecule has 0 amide bonds. The monoisotopic (exact) mass is 309 g/mol. The number of benzene rings is 1. The zero-order chi connectivity index (χ0) is 11.6. The van der Waals surface area contributed by atoms with Gasteiger partial charge in [-0.1, -0.05) is 15.9 Å².